The number of fused-ring (bicyclic) bond motifs is 1. The van der Waals surface area contributed by atoms with Crippen molar-refractivity contribution in [2.75, 3.05) is 33.3 Å². The van der Waals surface area contributed by atoms with Crippen molar-refractivity contribution in [3.8, 4) is 17.6 Å². The standard InChI is InChI=1S/C23H34N2O5S/c1-16-12-25(17(2)15-26)31(28,29)23-10-9-19(6-5-18(3)27)11-21(23)30-22(16)14-24(4)13-20-7-8-20/h9-11,16-18,20,22,26-27H,7-8,12-15H2,1-4H3/t16-,17+,18-,22+/m1/s1. The molecule has 0 radical (unpaired) electrons. The average molecular weight is 451 g/mol. The van der Waals surface area contributed by atoms with Gasteiger partial charge in [0.1, 0.15) is 22.9 Å². The van der Waals surface area contributed by atoms with Crippen LogP contribution in [-0.2, 0) is 10.0 Å². The Bertz CT molecular complexity index is 933. The van der Waals surface area contributed by atoms with Gasteiger partial charge in [-0.05, 0) is 57.9 Å². The molecule has 1 saturated carbocycles. The van der Waals surface area contributed by atoms with E-state index in [0.29, 0.717) is 12.1 Å². The lowest BCUT2D eigenvalue weighted by atomic mass is 10.0. The van der Waals surface area contributed by atoms with Crippen LogP contribution < -0.4 is 4.74 Å². The zero-order chi connectivity index (χ0) is 22.8. The molecule has 0 aromatic heterocycles. The maximum absolute atomic E-state index is 13.4. The lowest BCUT2D eigenvalue weighted by Gasteiger charge is -2.37. The van der Waals surface area contributed by atoms with Gasteiger partial charge in [-0.3, -0.25) is 0 Å². The van der Waals surface area contributed by atoms with Gasteiger partial charge in [0.2, 0.25) is 10.0 Å². The molecule has 7 nitrogen and oxygen atoms in total. The number of benzene rings is 1. The van der Waals surface area contributed by atoms with Crippen LogP contribution in [0.3, 0.4) is 0 Å². The summed E-state index contributed by atoms with van der Waals surface area (Å²) in [7, 11) is -1.79. The smallest absolute Gasteiger partial charge is 0.247 e. The largest absolute Gasteiger partial charge is 0.487 e. The Kier molecular flexibility index (Phi) is 7.66. The maximum atomic E-state index is 13.4. The monoisotopic (exact) mass is 450 g/mol. The SMILES string of the molecule is C[C@@H]1CN([C@@H](C)CO)S(=O)(=O)c2ccc(C#C[C@@H](C)O)cc2O[C@H]1CN(C)CC1CC1. The van der Waals surface area contributed by atoms with Crippen molar-refractivity contribution in [2.24, 2.45) is 11.8 Å². The highest BCUT2D eigenvalue weighted by Gasteiger charge is 2.38. The third kappa shape index (κ3) is 5.99. The van der Waals surface area contributed by atoms with Crippen LogP contribution in [0.1, 0.15) is 39.2 Å². The number of nitrogens with zero attached hydrogens (tertiary/aromatic N) is 2. The van der Waals surface area contributed by atoms with Crippen molar-refractivity contribution in [1.82, 2.24) is 9.21 Å². The molecule has 0 unspecified atom stereocenters. The summed E-state index contributed by atoms with van der Waals surface area (Å²) in [6.07, 6.45) is 1.53. The first-order chi connectivity index (χ1) is 14.6. The molecule has 1 aliphatic carbocycles. The number of likely N-dealkylation sites (N-methyl/N-ethyl adjacent to an activating group) is 1. The fourth-order valence-corrected chi connectivity index (χ4v) is 5.66. The van der Waals surface area contributed by atoms with Gasteiger partial charge in [0.05, 0.1) is 6.61 Å². The lowest BCUT2D eigenvalue weighted by Crippen LogP contribution is -2.49. The summed E-state index contributed by atoms with van der Waals surface area (Å²) in [6, 6.07) is 4.22. The zero-order valence-corrected chi connectivity index (χ0v) is 19.6. The first kappa shape index (κ1) is 24.0. The molecule has 1 fully saturated rings. The molecule has 172 valence electrons. The number of rotatable bonds is 6. The second-order valence-electron chi connectivity index (χ2n) is 9.01. The van der Waals surface area contributed by atoms with E-state index in [-0.39, 0.29) is 35.8 Å². The molecule has 3 rings (SSSR count). The van der Waals surface area contributed by atoms with Gasteiger partial charge in [-0.2, -0.15) is 4.31 Å². The first-order valence-corrected chi connectivity index (χ1v) is 12.4. The van der Waals surface area contributed by atoms with Crippen molar-refractivity contribution in [3.05, 3.63) is 23.8 Å². The predicted octanol–water partition coefficient (Wildman–Crippen LogP) is 1.53. The number of hydrogen-bond donors (Lipinski definition) is 2. The number of ether oxygens (including phenoxy) is 1. The first-order valence-electron chi connectivity index (χ1n) is 10.9. The Hall–Kier alpha value is -1.63. The van der Waals surface area contributed by atoms with E-state index < -0.39 is 22.2 Å². The third-order valence-electron chi connectivity index (χ3n) is 5.85. The summed E-state index contributed by atoms with van der Waals surface area (Å²) < 4.78 is 34.6. The Morgan fingerprint density at radius 2 is 2.00 bits per heavy atom. The van der Waals surface area contributed by atoms with Crippen molar-refractivity contribution in [2.45, 2.75) is 56.8 Å². The van der Waals surface area contributed by atoms with Crippen LogP contribution in [0.2, 0.25) is 0 Å². The fourth-order valence-electron chi connectivity index (χ4n) is 3.83. The number of aliphatic hydroxyl groups excluding tert-OH is 2. The Balaban J connectivity index is 2.00. The zero-order valence-electron chi connectivity index (χ0n) is 18.8. The fraction of sp³-hybridized carbons (Fsp3) is 0.652. The molecule has 8 heteroatoms. The highest BCUT2D eigenvalue weighted by Crippen LogP contribution is 2.35. The maximum Gasteiger partial charge on any atom is 0.247 e. The number of aliphatic hydroxyl groups is 2. The summed E-state index contributed by atoms with van der Waals surface area (Å²) in [6.45, 7) is 6.98. The molecule has 4 atom stereocenters. The van der Waals surface area contributed by atoms with Gasteiger partial charge in [-0.1, -0.05) is 18.8 Å². The number of hydrogen-bond acceptors (Lipinski definition) is 6. The predicted molar refractivity (Wildman–Crippen MR) is 119 cm³/mol. The van der Waals surface area contributed by atoms with E-state index in [1.807, 2.05) is 6.92 Å². The van der Waals surface area contributed by atoms with Gasteiger partial charge in [-0.15, -0.1) is 0 Å². The summed E-state index contributed by atoms with van der Waals surface area (Å²) in [5, 5.41) is 19.2. The van der Waals surface area contributed by atoms with Crippen LogP contribution in [-0.4, -0.2) is 79.4 Å². The molecule has 0 amide bonds. The molecule has 2 aliphatic rings. The van der Waals surface area contributed by atoms with E-state index >= 15 is 0 Å². The van der Waals surface area contributed by atoms with Crippen LogP contribution in [0.15, 0.2) is 23.1 Å². The van der Waals surface area contributed by atoms with Gasteiger partial charge >= 0.3 is 0 Å². The molecule has 31 heavy (non-hydrogen) atoms. The van der Waals surface area contributed by atoms with Gasteiger partial charge < -0.3 is 19.8 Å². The van der Waals surface area contributed by atoms with Crippen molar-refractivity contribution < 1.29 is 23.4 Å². The van der Waals surface area contributed by atoms with Crippen LogP contribution in [0.5, 0.6) is 5.75 Å². The average Bonchev–Trinajstić information content (AvgIpc) is 3.52. The van der Waals surface area contributed by atoms with E-state index in [9.17, 15) is 18.6 Å². The Labute approximate surface area is 186 Å². The Morgan fingerprint density at radius 1 is 1.29 bits per heavy atom. The van der Waals surface area contributed by atoms with E-state index in [2.05, 4.69) is 23.8 Å². The van der Waals surface area contributed by atoms with E-state index in [1.54, 1.807) is 26.0 Å². The van der Waals surface area contributed by atoms with E-state index in [4.69, 9.17) is 4.74 Å². The van der Waals surface area contributed by atoms with E-state index in [0.717, 1.165) is 12.5 Å². The van der Waals surface area contributed by atoms with Gasteiger partial charge in [0.25, 0.3) is 0 Å². The van der Waals surface area contributed by atoms with Gasteiger partial charge in [0, 0.05) is 37.2 Å². The van der Waals surface area contributed by atoms with Crippen LogP contribution in [0.4, 0.5) is 0 Å². The molecule has 0 bridgehead atoms. The highest BCUT2D eigenvalue weighted by atomic mass is 32.2. The molecular weight excluding hydrogens is 416 g/mol. The van der Waals surface area contributed by atoms with Crippen LogP contribution in [0.25, 0.3) is 0 Å². The molecule has 1 heterocycles. The molecule has 1 aliphatic heterocycles. The molecule has 2 N–H and O–H groups in total. The topological polar surface area (TPSA) is 90.3 Å². The van der Waals surface area contributed by atoms with Crippen molar-refractivity contribution in [3.63, 3.8) is 0 Å². The summed E-state index contributed by atoms with van der Waals surface area (Å²) in [5.41, 5.74) is 0.579. The second-order valence-corrected chi connectivity index (χ2v) is 10.9. The quantitative estimate of drug-likeness (QED) is 0.639. The minimum atomic E-state index is -3.86. The second kappa shape index (κ2) is 9.88. The Morgan fingerprint density at radius 3 is 2.61 bits per heavy atom. The van der Waals surface area contributed by atoms with Gasteiger partial charge in [0.15, 0.2) is 0 Å². The lowest BCUT2D eigenvalue weighted by molar-refractivity contribution is 0.0740. The number of sulfonamides is 1. The molecule has 0 saturated heterocycles. The summed E-state index contributed by atoms with van der Waals surface area (Å²) >= 11 is 0. The molecular formula is C23H34N2O5S. The summed E-state index contributed by atoms with van der Waals surface area (Å²) in [4.78, 5) is 2.34. The van der Waals surface area contributed by atoms with Crippen LogP contribution in [0, 0.1) is 23.7 Å². The van der Waals surface area contributed by atoms with Gasteiger partial charge in [-0.25, -0.2) is 8.42 Å². The summed E-state index contributed by atoms with van der Waals surface area (Å²) in [5.74, 6) is 6.48. The van der Waals surface area contributed by atoms with Crippen LogP contribution >= 0.6 is 0 Å². The third-order valence-corrected chi connectivity index (χ3v) is 7.87. The van der Waals surface area contributed by atoms with Crippen molar-refractivity contribution >= 4 is 10.0 Å². The van der Waals surface area contributed by atoms with E-state index in [1.165, 1.54) is 23.2 Å². The minimum absolute atomic E-state index is 0.0780. The highest BCUT2D eigenvalue weighted by molar-refractivity contribution is 7.89. The molecule has 0 spiro atoms. The van der Waals surface area contributed by atoms with Crippen molar-refractivity contribution in [1.29, 1.82) is 0 Å². The molecule has 1 aromatic rings. The minimum Gasteiger partial charge on any atom is -0.487 e. The molecule has 1 aromatic carbocycles. The normalized spacial score (nSPS) is 25.4.